The van der Waals surface area contributed by atoms with Gasteiger partial charge in [0, 0.05) is 37.8 Å². The zero-order valence-electron chi connectivity index (χ0n) is 22.8. The summed E-state index contributed by atoms with van der Waals surface area (Å²) in [7, 11) is -3.33. The van der Waals surface area contributed by atoms with Crippen molar-refractivity contribution in [3.63, 3.8) is 0 Å². The normalized spacial score (nSPS) is 17.4. The molecule has 1 saturated carbocycles. The third-order valence-electron chi connectivity index (χ3n) is 7.46. The number of carbonyl (C=O) groups is 1. The summed E-state index contributed by atoms with van der Waals surface area (Å²) in [6, 6.07) is 12.0. The van der Waals surface area contributed by atoms with Crippen LogP contribution < -0.4 is 14.8 Å². The summed E-state index contributed by atoms with van der Waals surface area (Å²) >= 11 is 0. The molecule has 2 N–H and O–H groups in total. The van der Waals surface area contributed by atoms with Crippen LogP contribution in [0, 0.1) is 19.8 Å². The number of rotatable bonds is 9. The van der Waals surface area contributed by atoms with E-state index in [9.17, 15) is 13.2 Å². The lowest BCUT2D eigenvalue weighted by molar-refractivity contribution is -0.123. The molecular weight excluding hydrogens is 522 g/mol. The molecule has 7 nitrogen and oxygen atoms in total. The fourth-order valence-electron chi connectivity index (χ4n) is 5.60. The Morgan fingerprint density at radius 2 is 1.58 bits per heavy atom. The van der Waals surface area contributed by atoms with Gasteiger partial charge in [-0.15, -0.1) is 12.4 Å². The largest absolute Gasteiger partial charge is 0.457 e. The Morgan fingerprint density at radius 3 is 2.16 bits per heavy atom. The minimum atomic E-state index is -3.33. The number of aryl methyl sites for hydroxylation is 2. The number of hydrogen-bond acceptors (Lipinski definition) is 5. The van der Waals surface area contributed by atoms with Gasteiger partial charge in [0.15, 0.2) is 0 Å². The van der Waals surface area contributed by atoms with Crippen molar-refractivity contribution >= 4 is 34.0 Å². The first-order valence-electron chi connectivity index (χ1n) is 13.5. The molecule has 1 aliphatic carbocycles. The van der Waals surface area contributed by atoms with E-state index in [0.29, 0.717) is 24.1 Å². The van der Waals surface area contributed by atoms with Gasteiger partial charge in [-0.1, -0.05) is 31.4 Å². The summed E-state index contributed by atoms with van der Waals surface area (Å²) in [5.41, 5.74) is 3.49. The van der Waals surface area contributed by atoms with Gasteiger partial charge in [-0.3, -0.25) is 14.4 Å². The van der Waals surface area contributed by atoms with Crippen molar-refractivity contribution in [2.75, 3.05) is 24.1 Å². The van der Waals surface area contributed by atoms with Gasteiger partial charge < -0.3 is 10.1 Å². The number of benzene rings is 2. The number of piperidine rings is 1. The maximum atomic E-state index is 12.5. The Balaban J connectivity index is 0.00000400. The van der Waals surface area contributed by atoms with Crippen LogP contribution in [-0.2, 0) is 21.4 Å². The molecule has 2 fully saturated rings. The summed E-state index contributed by atoms with van der Waals surface area (Å²) in [6.07, 6.45) is 10.2. The van der Waals surface area contributed by atoms with E-state index in [-0.39, 0.29) is 18.3 Å². The number of halogens is 1. The molecule has 0 atom stereocenters. The van der Waals surface area contributed by atoms with Crippen LogP contribution in [0.15, 0.2) is 36.4 Å². The van der Waals surface area contributed by atoms with Crippen molar-refractivity contribution in [2.24, 2.45) is 5.92 Å². The van der Waals surface area contributed by atoms with Crippen molar-refractivity contribution in [1.82, 2.24) is 10.2 Å². The quantitative estimate of drug-likeness (QED) is 0.394. The molecule has 1 heterocycles. The van der Waals surface area contributed by atoms with Crippen LogP contribution in [-0.4, -0.2) is 44.6 Å². The number of carbonyl (C=O) groups excluding carboxylic acids is 1. The number of hydrogen-bond donors (Lipinski definition) is 2. The number of nitrogens with zero attached hydrogens (tertiary/aromatic N) is 1. The van der Waals surface area contributed by atoms with E-state index in [0.717, 1.165) is 61.4 Å². The number of nitrogens with one attached hydrogen (secondary N) is 2. The minimum Gasteiger partial charge on any atom is -0.457 e. The summed E-state index contributed by atoms with van der Waals surface area (Å²) in [5, 5.41) is 3.29. The number of amides is 1. The van der Waals surface area contributed by atoms with E-state index in [1.54, 1.807) is 12.1 Å². The highest BCUT2D eigenvalue weighted by Gasteiger charge is 2.23. The first-order valence-corrected chi connectivity index (χ1v) is 15.4. The van der Waals surface area contributed by atoms with E-state index in [4.69, 9.17) is 4.74 Å². The molecular formula is C29H42ClN3O4S. The molecule has 210 valence electrons. The SMILES string of the molecule is Cc1cc(NS(C)(=O)=O)cc(C)c1Oc1ccc(CN2CCC(NC(=O)CC3CCCCC3)CC2)cc1.Cl. The maximum absolute atomic E-state index is 12.5. The minimum absolute atomic E-state index is 0. The molecule has 1 amide bonds. The topological polar surface area (TPSA) is 87.7 Å². The molecule has 2 aromatic rings. The number of likely N-dealkylation sites (tertiary alicyclic amines) is 1. The maximum Gasteiger partial charge on any atom is 0.229 e. The third-order valence-corrected chi connectivity index (χ3v) is 8.07. The highest BCUT2D eigenvalue weighted by atomic mass is 35.5. The zero-order valence-corrected chi connectivity index (χ0v) is 24.4. The summed E-state index contributed by atoms with van der Waals surface area (Å²) in [6.45, 7) is 6.67. The van der Waals surface area contributed by atoms with Crippen LogP contribution in [0.4, 0.5) is 5.69 Å². The van der Waals surface area contributed by atoms with Crippen LogP contribution in [0.2, 0.25) is 0 Å². The van der Waals surface area contributed by atoms with Crippen LogP contribution in [0.3, 0.4) is 0 Å². The van der Waals surface area contributed by atoms with Gasteiger partial charge in [0.05, 0.1) is 6.26 Å². The molecule has 0 radical (unpaired) electrons. The van der Waals surface area contributed by atoms with Gasteiger partial charge in [0.1, 0.15) is 11.5 Å². The fourth-order valence-corrected chi connectivity index (χ4v) is 6.14. The second-order valence-electron chi connectivity index (χ2n) is 10.9. The smallest absolute Gasteiger partial charge is 0.229 e. The summed E-state index contributed by atoms with van der Waals surface area (Å²) < 4.78 is 31.7. The molecule has 2 aliphatic rings. The summed E-state index contributed by atoms with van der Waals surface area (Å²) in [4.78, 5) is 14.9. The molecule has 4 rings (SSSR count). The van der Waals surface area contributed by atoms with Crippen molar-refractivity contribution in [1.29, 1.82) is 0 Å². The second-order valence-corrected chi connectivity index (χ2v) is 12.6. The lowest BCUT2D eigenvalue weighted by Gasteiger charge is -2.33. The first-order chi connectivity index (χ1) is 17.6. The van der Waals surface area contributed by atoms with Gasteiger partial charge >= 0.3 is 0 Å². The molecule has 38 heavy (non-hydrogen) atoms. The van der Waals surface area contributed by atoms with Gasteiger partial charge in [0.25, 0.3) is 0 Å². The highest BCUT2D eigenvalue weighted by molar-refractivity contribution is 7.92. The average molecular weight is 564 g/mol. The standard InChI is InChI=1S/C29H41N3O4S.ClH/c1-21-17-26(31-37(3,34)35)18-22(2)29(21)36-27-11-9-24(10-12-27)20-32-15-13-25(14-16-32)30-28(33)19-23-7-5-4-6-8-23;/h9-12,17-18,23,25,31H,4-8,13-16,19-20H2,1-3H3,(H,30,33);1H. The van der Waals surface area contributed by atoms with Crippen molar-refractivity contribution < 1.29 is 17.9 Å². The van der Waals surface area contributed by atoms with Crippen LogP contribution >= 0.6 is 12.4 Å². The van der Waals surface area contributed by atoms with Gasteiger partial charge in [0.2, 0.25) is 15.9 Å². The first kappa shape index (κ1) is 30.3. The Kier molecular flexibility index (Phi) is 10.9. The Labute approximate surface area is 234 Å². The highest BCUT2D eigenvalue weighted by Crippen LogP contribution is 2.32. The molecule has 1 aliphatic heterocycles. The van der Waals surface area contributed by atoms with Gasteiger partial charge in [-0.05, 0) is 86.4 Å². The summed E-state index contributed by atoms with van der Waals surface area (Å²) in [5.74, 6) is 2.31. The molecule has 2 aromatic carbocycles. The lowest BCUT2D eigenvalue weighted by atomic mass is 9.86. The molecule has 0 bridgehead atoms. The van der Waals surface area contributed by atoms with Crippen LogP contribution in [0.5, 0.6) is 11.5 Å². The second kappa shape index (κ2) is 13.7. The number of ether oxygens (including phenoxy) is 1. The number of sulfonamides is 1. The molecule has 0 spiro atoms. The molecule has 1 saturated heterocycles. The van der Waals surface area contributed by atoms with Crippen LogP contribution in [0.1, 0.15) is 68.1 Å². The average Bonchev–Trinajstić information content (AvgIpc) is 2.83. The van der Waals surface area contributed by atoms with E-state index in [2.05, 4.69) is 27.1 Å². The monoisotopic (exact) mass is 563 g/mol. The van der Waals surface area contributed by atoms with Crippen molar-refractivity contribution in [3.8, 4) is 11.5 Å². The predicted octanol–water partition coefficient (Wildman–Crippen LogP) is 5.94. The van der Waals surface area contributed by atoms with E-state index < -0.39 is 10.0 Å². The zero-order chi connectivity index (χ0) is 26.4. The third kappa shape index (κ3) is 9.17. The van der Waals surface area contributed by atoms with E-state index in [1.807, 2.05) is 26.0 Å². The molecule has 9 heteroatoms. The molecule has 0 aromatic heterocycles. The number of anilines is 1. The Morgan fingerprint density at radius 1 is 0.974 bits per heavy atom. The van der Waals surface area contributed by atoms with E-state index >= 15 is 0 Å². The molecule has 0 unspecified atom stereocenters. The fraction of sp³-hybridized carbons (Fsp3) is 0.552. The van der Waals surface area contributed by atoms with E-state index in [1.165, 1.54) is 37.7 Å². The predicted molar refractivity (Wildman–Crippen MR) is 156 cm³/mol. The van der Waals surface area contributed by atoms with Gasteiger partial charge in [-0.2, -0.15) is 0 Å². The Hall–Kier alpha value is -2.29. The lowest BCUT2D eigenvalue weighted by Crippen LogP contribution is -2.44. The van der Waals surface area contributed by atoms with Crippen molar-refractivity contribution in [3.05, 3.63) is 53.1 Å². The Bertz CT molecular complexity index is 1150. The van der Waals surface area contributed by atoms with Gasteiger partial charge in [-0.25, -0.2) is 8.42 Å². The van der Waals surface area contributed by atoms with Crippen molar-refractivity contribution in [2.45, 2.75) is 77.8 Å². The van der Waals surface area contributed by atoms with Crippen LogP contribution in [0.25, 0.3) is 0 Å².